The van der Waals surface area contributed by atoms with Crippen molar-refractivity contribution in [1.82, 2.24) is 4.90 Å². The fourth-order valence-corrected chi connectivity index (χ4v) is 1.72. The maximum Gasteiger partial charge on any atom is 0.269 e. The van der Waals surface area contributed by atoms with Gasteiger partial charge in [-0.2, -0.15) is 0 Å². The van der Waals surface area contributed by atoms with Crippen LogP contribution < -0.4 is 0 Å². The van der Waals surface area contributed by atoms with Crippen molar-refractivity contribution in [2.75, 3.05) is 7.05 Å². The summed E-state index contributed by atoms with van der Waals surface area (Å²) in [4.78, 5) is 23.7. The molecule has 0 unspecified atom stereocenters. The molecule has 2 aromatic rings. The van der Waals surface area contributed by atoms with E-state index in [1.54, 1.807) is 25.2 Å². The molecule has 1 heterocycles. The van der Waals surface area contributed by atoms with Crippen LogP contribution in [-0.2, 0) is 6.54 Å². The van der Waals surface area contributed by atoms with Crippen molar-refractivity contribution in [1.29, 1.82) is 0 Å². The molecular formula is C13H12N2O4. The molecule has 0 aliphatic carbocycles. The second-order valence-corrected chi connectivity index (χ2v) is 4.10. The lowest BCUT2D eigenvalue weighted by molar-refractivity contribution is -0.384. The summed E-state index contributed by atoms with van der Waals surface area (Å²) in [5, 5.41) is 10.7. The van der Waals surface area contributed by atoms with Crippen LogP contribution in [0.25, 0.3) is 0 Å². The zero-order valence-corrected chi connectivity index (χ0v) is 10.3. The number of amides is 1. The predicted molar refractivity (Wildman–Crippen MR) is 67.6 cm³/mol. The highest BCUT2D eigenvalue weighted by Crippen LogP contribution is 2.15. The standard InChI is InChI=1S/C13H12N2O4/c1-14(13(16)11-5-6-19-9-11)8-10-3-2-4-12(7-10)15(17)18/h2-7,9H,8H2,1H3. The Bertz CT molecular complexity index is 592. The van der Waals surface area contributed by atoms with Gasteiger partial charge >= 0.3 is 0 Å². The third-order valence-electron chi connectivity index (χ3n) is 2.66. The normalized spacial score (nSPS) is 10.2. The third-order valence-corrected chi connectivity index (χ3v) is 2.66. The molecule has 98 valence electrons. The Morgan fingerprint density at radius 3 is 2.84 bits per heavy atom. The number of furan rings is 1. The molecule has 0 radical (unpaired) electrons. The SMILES string of the molecule is CN(Cc1cccc([N+](=O)[O-])c1)C(=O)c1ccoc1. The summed E-state index contributed by atoms with van der Waals surface area (Å²) in [6.07, 6.45) is 2.79. The lowest BCUT2D eigenvalue weighted by Gasteiger charge is -2.16. The largest absolute Gasteiger partial charge is 0.472 e. The van der Waals surface area contributed by atoms with Crippen molar-refractivity contribution in [3.8, 4) is 0 Å². The number of rotatable bonds is 4. The van der Waals surface area contributed by atoms with Gasteiger partial charge in [0.1, 0.15) is 6.26 Å². The van der Waals surface area contributed by atoms with Gasteiger partial charge < -0.3 is 9.32 Å². The number of non-ortho nitro benzene ring substituents is 1. The molecule has 1 amide bonds. The summed E-state index contributed by atoms with van der Waals surface area (Å²) in [7, 11) is 1.63. The molecule has 19 heavy (non-hydrogen) atoms. The highest BCUT2D eigenvalue weighted by molar-refractivity contribution is 5.93. The van der Waals surface area contributed by atoms with E-state index in [9.17, 15) is 14.9 Å². The lowest BCUT2D eigenvalue weighted by atomic mass is 10.2. The van der Waals surface area contributed by atoms with Crippen molar-refractivity contribution in [2.24, 2.45) is 0 Å². The highest BCUT2D eigenvalue weighted by Gasteiger charge is 2.14. The topological polar surface area (TPSA) is 76.6 Å². The van der Waals surface area contributed by atoms with Crippen LogP contribution in [0.3, 0.4) is 0 Å². The van der Waals surface area contributed by atoms with E-state index in [1.165, 1.54) is 29.6 Å². The summed E-state index contributed by atoms with van der Waals surface area (Å²) in [6.45, 7) is 0.297. The van der Waals surface area contributed by atoms with Gasteiger partial charge in [0.15, 0.2) is 0 Å². The zero-order chi connectivity index (χ0) is 13.8. The van der Waals surface area contributed by atoms with Gasteiger partial charge in [0, 0.05) is 25.7 Å². The van der Waals surface area contributed by atoms with E-state index in [0.29, 0.717) is 17.7 Å². The fraction of sp³-hybridized carbons (Fsp3) is 0.154. The fourth-order valence-electron chi connectivity index (χ4n) is 1.72. The Kier molecular flexibility index (Phi) is 3.61. The molecule has 6 nitrogen and oxygen atoms in total. The molecule has 0 fully saturated rings. The maximum atomic E-state index is 12.0. The molecule has 0 spiro atoms. The van der Waals surface area contributed by atoms with Gasteiger partial charge in [-0.1, -0.05) is 12.1 Å². The molecule has 6 heteroatoms. The van der Waals surface area contributed by atoms with Crippen LogP contribution in [0.5, 0.6) is 0 Å². The number of carbonyl (C=O) groups excluding carboxylic acids is 1. The van der Waals surface area contributed by atoms with Gasteiger partial charge in [0.2, 0.25) is 0 Å². The molecule has 1 aromatic heterocycles. The van der Waals surface area contributed by atoms with Crippen LogP contribution in [0.4, 0.5) is 5.69 Å². The van der Waals surface area contributed by atoms with Gasteiger partial charge in [-0.25, -0.2) is 0 Å². The van der Waals surface area contributed by atoms with E-state index in [0.717, 1.165) is 0 Å². The van der Waals surface area contributed by atoms with Crippen LogP contribution in [0.2, 0.25) is 0 Å². The Labute approximate surface area is 109 Å². The first-order valence-corrected chi connectivity index (χ1v) is 5.59. The van der Waals surface area contributed by atoms with Gasteiger partial charge in [-0.3, -0.25) is 14.9 Å². The second kappa shape index (κ2) is 5.34. The monoisotopic (exact) mass is 260 g/mol. The minimum atomic E-state index is -0.457. The quantitative estimate of drug-likeness (QED) is 0.625. The number of nitro benzene ring substituents is 1. The second-order valence-electron chi connectivity index (χ2n) is 4.10. The van der Waals surface area contributed by atoms with Crippen LogP contribution in [0.1, 0.15) is 15.9 Å². The van der Waals surface area contributed by atoms with E-state index in [-0.39, 0.29) is 11.6 Å². The number of hydrogen-bond donors (Lipinski definition) is 0. The Hall–Kier alpha value is -2.63. The summed E-state index contributed by atoms with van der Waals surface area (Å²) < 4.78 is 4.85. The average molecular weight is 260 g/mol. The molecule has 0 aliphatic heterocycles. The van der Waals surface area contributed by atoms with Gasteiger partial charge in [-0.15, -0.1) is 0 Å². The van der Waals surface area contributed by atoms with E-state index >= 15 is 0 Å². The molecule has 0 N–H and O–H groups in total. The first-order chi connectivity index (χ1) is 9.08. The predicted octanol–water partition coefficient (Wildman–Crippen LogP) is 2.46. The molecule has 0 saturated carbocycles. The van der Waals surface area contributed by atoms with Gasteiger partial charge in [-0.05, 0) is 11.6 Å². The molecule has 0 bridgehead atoms. The van der Waals surface area contributed by atoms with E-state index in [2.05, 4.69) is 0 Å². The van der Waals surface area contributed by atoms with Gasteiger partial charge in [0.25, 0.3) is 11.6 Å². The number of hydrogen-bond acceptors (Lipinski definition) is 4. The minimum Gasteiger partial charge on any atom is -0.472 e. The zero-order valence-electron chi connectivity index (χ0n) is 10.3. The van der Waals surface area contributed by atoms with Gasteiger partial charge in [0.05, 0.1) is 16.7 Å². The van der Waals surface area contributed by atoms with Crippen LogP contribution >= 0.6 is 0 Å². The minimum absolute atomic E-state index is 0.0154. The molecule has 0 atom stereocenters. The molecule has 0 aliphatic rings. The molecule has 1 aromatic carbocycles. The number of nitrogens with zero attached hydrogens (tertiary/aromatic N) is 2. The first-order valence-electron chi connectivity index (χ1n) is 5.59. The maximum absolute atomic E-state index is 12.0. The Morgan fingerprint density at radius 2 is 2.21 bits per heavy atom. The third kappa shape index (κ3) is 2.98. The summed E-state index contributed by atoms with van der Waals surface area (Å²) in [6, 6.07) is 7.79. The van der Waals surface area contributed by atoms with E-state index < -0.39 is 4.92 Å². The Morgan fingerprint density at radius 1 is 1.42 bits per heavy atom. The van der Waals surface area contributed by atoms with Crippen molar-refractivity contribution < 1.29 is 14.1 Å². The number of benzene rings is 1. The summed E-state index contributed by atoms with van der Waals surface area (Å²) in [5.74, 6) is -0.194. The van der Waals surface area contributed by atoms with E-state index in [4.69, 9.17) is 4.42 Å². The first kappa shape index (κ1) is 12.8. The number of nitro groups is 1. The van der Waals surface area contributed by atoms with Crippen molar-refractivity contribution in [2.45, 2.75) is 6.54 Å². The highest BCUT2D eigenvalue weighted by atomic mass is 16.6. The molecule has 2 rings (SSSR count). The lowest BCUT2D eigenvalue weighted by Crippen LogP contribution is -2.25. The Balaban J connectivity index is 2.10. The smallest absolute Gasteiger partial charge is 0.269 e. The van der Waals surface area contributed by atoms with Crippen molar-refractivity contribution in [3.05, 3.63) is 64.1 Å². The van der Waals surface area contributed by atoms with Crippen molar-refractivity contribution >= 4 is 11.6 Å². The number of carbonyl (C=O) groups is 1. The van der Waals surface area contributed by atoms with Crippen LogP contribution in [0, 0.1) is 10.1 Å². The average Bonchev–Trinajstić information content (AvgIpc) is 2.92. The molecule has 0 saturated heterocycles. The summed E-state index contributed by atoms with van der Waals surface area (Å²) >= 11 is 0. The summed E-state index contributed by atoms with van der Waals surface area (Å²) in [5.41, 5.74) is 1.17. The van der Waals surface area contributed by atoms with Crippen LogP contribution in [-0.4, -0.2) is 22.8 Å². The van der Waals surface area contributed by atoms with Crippen LogP contribution in [0.15, 0.2) is 47.3 Å². The van der Waals surface area contributed by atoms with Crippen molar-refractivity contribution in [3.63, 3.8) is 0 Å². The van der Waals surface area contributed by atoms with E-state index in [1.807, 2.05) is 0 Å². The molecular weight excluding hydrogens is 248 g/mol.